The maximum absolute atomic E-state index is 10.8. The molecule has 2 aromatic carbocycles. The second kappa shape index (κ2) is 8.16. The molecular formula is C20H20N2O2. The van der Waals surface area contributed by atoms with Crippen molar-refractivity contribution >= 4 is 23.5 Å². The Morgan fingerprint density at radius 1 is 0.958 bits per heavy atom. The Morgan fingerprint density at radius 3 is 2.29 bits per heavy atom. The first kappa shape index (κ1) is 17.6. The SMILES string of the molecule is CCc1cccc(C(C)c2cc(CC)c(N=C=O)cc2N=C=O)c1. The van der Waals surface area contributed by atoms with Crippen molar-refractivity contribution in [3.8, 4) is 0 Å². The van der Waals surface area contributed by atoms with Crippen molar-refractivity contribution in [2.24, 2.45) is 9.98 Å². The van der Waals surface area contributed by atoms with Crippen LogP contribution in [0.1, 0.15) is 48.9 Å². The molecule has 1 atom stereocenters. The molecule has 0 saturated heterocycles. The zero-order chi connectivity index (χ0) is 17.5. The molecule has 0 N–H and O–H groups in total. The summed E-state index contributed by atoms with van der Waals surface area (Å²) in [6.07, 6.45) is 4.84. The van der Waals surface area contributed by atoms with Gasteiger partial charge in [0, 0.05) is 5.92 Å². The lowest BCUT2D eigenvalue weighted by Crippen LogP contribution is -1.99. The Hall–Kier alpha value is -2.80. The first-order valence-corrected chi connectivity index (χ1v) is 8.05. The smallest absolute Gasteiger partial charge is 0.211 e. The molecule has 0 spiro atoms. The standard InChI is InChI=1S/C20H20N2O2/c1-4-15-7-6-8-17(9-15)14(3)18-10-16(5-2)19(21-12-23)11-20(18)22-13-24/h6-11,14H,4-5H2,1-3H3. The van der Waals surface area contributed by atoms with Crippen LogP contribution in [-0.4, -0.2) is 12.2 Å². The number of hydrogen-bond acceptors (Lipinski definition) is 4. The van der Waals surface area contributed by atoms with Gasteiger partial charge in [0.2, 0.25) is 12.2 Å². The zero-order valence-electron chi connectivity index (χ0n) is 14.2. The maximum Gasteiger partial charge on any atom is 0.240 e. The van der Waals surface area contributed by atoms with Crippen LogP contribution >= 0.6 is 0 Å². The van der Waals surface area contributed by atoms with Crippen LogP contribution in [0.2, 0.25) is 0 Å². The van der Waals surface area contributed by atoms with Gasteiger partial charge in [-0.25, -0.2) is 9.59 Å². The Kier molecular flexibility index (Phi) is 5.97. The second-order valence-corrected chi connectivity index (χ2v) is 5.62. The van der Waals surface area contributed by atoms with Crippen LogP contribution in [0.15, 0.2) is 46.4 Å². The Bertz CT molecular complexity index is 830. The number of aryl methyl sites for hydroxylation is 2. The molecule has 0 aromatic heterocycles. The van der Waals surface area contributed by atoms with E-state index < -0.39 is 0 Å². The van der Waals surface area contributed by atoms with Gasteiger partial charge in [-0.2, -0.15) is 9.98 Å². The molecule has 0 bridgehead atoms. The first-order valence-electron chi connectivity index (χ1n) is 8.05. The summed E-state index contributed by atoms with van der Waals surface area (Å²) >= 11 is 0. The summed E-state index contributed by atoms with van der Waals surface area (Å²) in [6, 6.07) is 12.0. The average Bonchev–Trinajstić information content (AvgIpc) is 2.62. The van der Waals surface area contributed by atoms with Crippen molar-refractivity contribution in [1.29, 1.82) is 0 Å². The summed E-state index contributed by atoms with van der Waals surface area (Å²) in [5.74, 6) is 0.0585. The Balaban J connectivity index is 2.61. The number of benzene rings is 2. The van der Waals surface area contributed by atoms with Crippen LogP contribution in [0.5, 0.6) is 0 Å². The highest BCUT2D eigenvalue weighted by Gasteiger charge is 2.16. The highest BCUT2D eigenvalue weighted by molar-refractivity contribution is 5.67. The lowest BCUT2D eigenvalue weighted by atomic mass is 9.88. The molecule has 4 heteroatoms. The highest BCUT2D eigenvalue weighted by atomic mass is 16.1. The van der Waals surface area contributed by atoms with Crippen molar-refractivity contribution in [3.05, 3.63) is 58.7 Å². The molecule has 0 aliphatic heterocycles. The third kappa shape index (κ3) is 3.75. The summed E-state index contributed by atoms with van der Waals surface area (Å²) in [5, 5.41) is 0. The average molecular weight is 320 g/mol. The third-order valence-electron chi connectivity index (χ3n) is 4.27. The predicted octanol–water partition coefficient (Wildman–Crippen LogP) is 4.90. The van der Waals surface area contributed by atoms with Gasteiger partial charge in [0.1, 0.15) is 0 Å². The van der Waals surface area contributed by atoms with E-state index in [9.17, 15) is 9.59 Å². The van der Waals surface area contributed by atoms with E-state index >= 15 is 0 Å². The highest BCUT2D eigenvalue weighted by Crippen LogP contribution is 2.37. The van der Waals surface area contributed by atoms with E-state index in [0.717, 1.165) is 29.5 Å². The van der Waals surface area contributed by atoms with E-state index in [2.05, 4.69) is 42.0 Å². The number of aliphatic imine (C=N–C) groups is 2. The minimum Gasteiger partial charge on any atom is -0.211 e. The Labute approximate surface area is 142 Å². The molecule has 122 valence electrons. The first-order chi connectivity index (χ1) is 11.6. The number of nitrogens with zero attached hydrogens (tertiary/aromatic N) is 2. The molecule has 0 aliphatic carbocycles. The van der Waals surface area contributed by atoms with E-state index in [1.807, 2.05) is 19.1 Å². The van der Waals surface area contributed by atoms with Crippen LogP contribution in [-0.2, 0) is 22.4 Å². The monoisotopic (exact) mass is 320 g/mol. The fourth-order valence-electron chi connectivity index (χ4n) is 2.83. The van der Waals surface area contributed by atoms with Gasteiger partial charge >= 0.3 is 0 Å². The van der Waals surface area contributed by atoms with Gasteiger partial charge in [0.25, 0.3) is 0 Å². The number of hydrogen-bond donors (Lipinski definition) is 0. The molecule has 4 nitrogen and oxygen atoms in total. The quantitative estimate of drug-likeness (QED) is 0.561. The lowest BCUT2D eigenvalue weighted by molar-refractivity contribution is 0.564. The van der Waals surface area contributed by atoms with Gasteiger partial charge in [-0.15, -0.1) is 0 Å². The summed E-state index contributed by atoms with van der Waals surface area (Å²) in [5.41, 5.74) is 5.26. The molecule has 0 aliphatic rings. The molecule has 0 saturated carbocycles. The molecule has 1 unspecified atom stereocenters. The minimum absolute atomic E-state index is 0.0585. The van der Waals surface area contributed by atoms with Crippen molar-refractivity contribution in [3.63, 3.8) is 0 Å². The van der Waals surface area contributed by atoms with Crippen molar-refractivity contribution < 1.29 is 9.59 Å². The van der Waals surface area contributed by atoms with Gasteiger partial charge in [-0.1, -0.05) is 51.1 Å². The maximum atomic E-state index is 10.8. The molecule has 0 radical (unpaired) electrons. The van der Waals surface area contributed by atoms with Crippen molar-refractivity contribution in [2.75, 3.05) is 0 Å². The molecular weight excluding hydrogens is 300 g/mol. The van der Waals surface area contributed by atoms with Gasteiger partial charge in [-0.3, -0.25) is 0 Å². The summed E-state index contributed by atoms with van der Waals surface area (Å²) in [7, 11) is 0. The zero-order valence-corrected chi connectivity index (χ0v) is 14.2. The fraction of sp³-hybridized carbons (Fsp3) is 0.300. The predicted molar refractivity (Wildman–Crippen MR) is 94.7 cm³/mol. The lowest BCUT2D eigenvalue weighted by Gasteiger charge is -2.17. The molecule has 24 heavy (non-hydrogen) atoms. The van der Waals surface area contributed by atoms with Crippen LogP contribution in [0, 0.1) is 0 Å². The van der Waals surface area contributed by atoms with Crippen LogP contribution in [0.3, 0.4) is 0 Å². The normalized spacial score (nSPS) is 11.3. The van der Waals surface area contributed by atoms with E-state index in [1.54, 1.807) is 18.2 Å². The molecule has 0 heterocycles. The van der Waals surface area contributed by atoms with Gasteiger partial charge in [0.05, 0.1) is 11.4 Å². The van der Waals surface area contributed by atoms with Crippen molar-refractivity contribution in [2.45, 2.75) is 39.5 Å². The molecule has 0 fully saturated rings. The second-order valence-electron chi connectivity index (χ2n) is 5.62. The summed E-state index contributed by atoms with van der Waals surface area (Å²) in [6.45, 7) is 6.19. The van der Waals surface area contributed by atoms with E-state index in [-0.39, 0.29) is 5.92 Å². The van der Waals surface area contributed by atoms with Gasteiger partial charge in [-0.05, 0) is 41.2 Å². The molecule has 2 rings (SSSR count). The van der Waals surface area contributed by atoms with E-state index in [4.69, 9.17) is 0 Å². The minimum atomic E-state index is 0.0585. The molecule has 0 amide bonds. The number of isocyanates is 2. The molecule has 2 aromatic rings. The van der Waals surface area contributed by atoms with Crippen LogP contribution in [0.4, 0.5) is 11.4 Å². The van der Waals surface area contributed by atoms with Crippen LogP contribution < -0.4 is 0 Å². The van der Waals surface area contributed by atoms with Crippen molar-refractivity contribution in [1.82, 2.24) is 0 Å². The number of rotatable bonds is 6. The summed E-state index contributed by atoms with van der Waals surface area (Å²) < 4.78 is 0. The third-order valence-corrected chi connectivity index (χ3v) is 4.27. The van der Waals surface area contributed by atoms with Gasteiger partial charge < -0.3 is 0 Å². The number of carbonyl (C=O) groups excluding carboxylic acids is 2. The van der Waals surface area contributed by atoms with Gasteiger partial charge in [0.15, 0.2) is 0 Å². The topological polar surface area (TPSA) is 58.9 Å². The van der Waals surface area contributed by atoms with E-state index in [1.165, 1.54) is 5.56 Å². The van der Waals surface area contributed by atoms with E-state index in [0.29, 0.717) is 11.4 Å². The fourth-order valence-corrected chi connectivity index (χ4v) is 2.83. The Morgan fingerprint density at radius 2 is 1.67 bits per heavy atom. The summed E-state index contributed by atoms with van der Waals surface area (Å²) in [4.78, 5) is 29.0. The largest absolute Gasteiger partial charge is 0.240 e. The van der Waals surface area contributed by atoms with Crippen LogP contribution in [0.25, 0.3) is 0 Å².